The van der Waals surface area contributed by atoms with Gasteiger partial charge in [0.1, 0.15) is 8.07 Å². The van der Waals surface area contributed by atoms with Crippen LogP contribution in [-0.4, -0.2) is 21.1 Å². The molecule has 0 saturated heterocycles. The molecule has 3 heteroatoms. The van der Waals surface area contributed by atoms with Crippen LogP contribution in [0.25, 0.3) is 33.2 Å². The molecular weight excluding hydrogens is 431 g/mol. The van der Waals surface area contributed by atoms with Crippen molar-refractivity contribution in [2.75, 3.05) is 0 Å². The Labute approximate surface area is 200 Å². The van der Waals surface area contributed by atoms with Gasteiger partial charge in [-0.05, 0) is 61.5 Å². The number of nitrogens with zero attached hydrogens (tertiary/aromatic N) is 1. The summed E-state index contributed by atoms with van der Waals surface area (Å²) in [4.78, 5) is 5.04. The summed E-state index contributed by atoms with van der Waals surface area (Å²) in [5, 5.41) is 7.30. The summed E-state index contributed by atoms with van der Waals surface area (Å²) in [5.41, 5.74) is 6.74. The van der Waals surface area contributed by atoms with Crippen LogP contribution in [0.3, 0.4) is 0 Å². The van der Waals surface area contributed by atoms with Gasteiger partial charge < -0.3 is 0 Å². The van der Waals surface area contributed by atoms with Crippen LogP contribution in [0.4, 0.5) is 0 Å². The first-order valence-corrected chi connectivity index (χ1v) is 18.6. The molecule has 0 atom stereocenters. The third kappa shape index (κ3) is 3.53. The summed E-state index contributed by atoms with van der Waals surface area (Å²) in [5.74, 6) is 0. The van der Waals surface area contributed by atoms with Gasteiger partial charge in [-0.2, -0.15) is 0 Å². The number of aromatic nitrogens is 1. The lowest BCUT2D eigenvalue weighted by Gasteiger charge is -2.25. The summed E-state index contributed by atoms with van der Waals surface area (Å²) in [7, 11) is -3.26. The first kappa shape index (κ1) is 22.3. The Morgan fingerprint density at radius 1 is 0.818 bits per heavy atom. The molecule has 0 spiro atoms. The van der Waals surface area contributed by atoms with Crippen molar-refractivity contribution >= 4 is 42.5 Å². The summed E-state index contributed by atoms with van der Waals surface area (Å²) < 4.78 is 0. The van der Waals surface area contributed by atoms with E-state index in [4.69, 9.17) is 4.98 Å². The van der Waals surface area contributed by atoms with Gasteiger partial charge in [-0.3, -0.25) is 4.98 Å². The molecule has 0 N–H and O–H groups in total. The van der Waals surface area contributed by atoms with Crippen molar-refractivity contribution in [1.82, 2.24) is 4.98 Å². The van der Waals surface area contributed by atoms with Crippen LogP contribution in [0.15, 0.2) is 66.9 Å². The summed E-state index contributed by atoms with van der Waals surface area (Å²) in [6.45, 7) is 19.3. The van der Waals surface area contributed by atoms with Gasteiger partial charge in [0, 0.05) is 11.8 Å². The lowest BCUT2D eigenvalue weighted by Crippen LogP contribution is -2.52. The Morgan fingerprint density at radius 3 is 2.24 bits per heavy atom. The summed E-state index contributed by atoms with van der Waals surface area (Å²) >= 11 is 0. The Bertz CT molecular complexity index is 1400. The zero-order valence-electron chi connectivity index (χ0n) is 21.3. The minimum atomic E-state index is -1.89. The fourth-order valence-electron chi connectivity index (χ4n) is 5.50. The fourth-order valence-corrected chi connectivity index (χ4v) is 10.2. The second-order valence-corrected chi connectivity index (χ2v) is 21.6. The van der Waals surface area contributed by atoms with Gasteiger partial charge in [-0.1, -0.05) is 101 Å². The van der Waals surface area contributed by atoms with E-state index in [1.807, 2.05) is 6.20 Å². The molecule has 33 heavy (non-hydrogen) atoms. The molecule has 1 nitrogen and oxygen atoms in total. The van der Waals surface area contributed by atoms with E-state index < -0.39 is 16.1 Å². The quantitative estimate of drug-likeness (QED) is 0.306. The van der Waals surface area contributed by atoms with Crippen LogP contribution < -0.4 is 15.6 Å². The topological polar surface area (TPSA) is 12.9 Å². The standard InChI is InChI=1S/C30H35NSi2/c1-30(2,3)26-18-21(17-20-11-9-10-12-23(20)26)28-29-25(15-16-31-28)24-14-13-22(32(4,5)6)19-27(24)33(29,7)8/h9-19H,1-8H3. The molecule has 5 rings (SSSR count). The molecule has 0 radical (unpaired) electrons. The predicted molar refractivity (Wildman–Crippen MR) is 151 cm³/mol. The minimum Gasteiger partial charge on any atom is -0.256 e. The van der Waals surface area contributed by atoms with Crippen molar-refractivity contribution in [3.8, 4) is 22.4 Å². The number of benzene rings is 3. The molecule has 0 bridgehead atoms. The first-order chi connectivity index (χ1) is 15.4. The first-order valence-electron chi connectivity index (χ1n) is 12.1. The fraction of sp³-hybridized carbons (Fsp3) is 0.300. The Hall–Kier alpha value is -2.50. The maximum Gasteiger partial charge on any atom is 0.116 e. The van der Waals surface area contributed by atoms with Crippen molar-refractivity contribution in [3.05, 3.63) is 72.4 Å². The number of hydrogen-bond acceptors (Lipinski definition) is 1. The van der Waals surface area contributed by atoms with Gasteiger partial charge in [-0.15, -0.1) is 0 Å². The van der Waals surface area contributed by atoms with Crippen molar-refractivity contribution < 1.29 is 0 Å². The zero-order chi connectivity index (χ0) is 23.8. The van der Waals surface area contributed by atoms with Crippen LogP contribution in [0.1, 0.15) is 26.3 Å². The third-order valence-electron chi connectivity index (χ3n) is 7.37. The van der Waals surface area contributed by atoms with E-state index in [1.165, 1.54) is 43.9 Å². The third-order valence-corrected chi connectivity index (χ3v) is 12.9. The smallest absolute Gasteiger partial charge is 0.116 e. The Kier molecular flexibility index (Phi) is 4.90. The molecule has 0 unspecified atom stereocenters. The Morgan fingerprint density at radius 2 is 1.55 bits per heavy atom. The highest BCUT2D eigenvalue weighted by Gasteiger charge is 2.41. The van der Waals surface area contributed by atoms with Crippen LogP contribution in [0.5, 0.6) is 0 Å². The van der Waals surface area contributed by atoms with Gasteiger partial charge in [0.25, 0.3) is 0 Å². The average Bonchev–Trinajstić information content (AvgIpc) is 2.98. The van der Waals surface area contributed by atoms with Gasteiger partial charge in [-0.25, -0.2) is 0 Å². The summed E-state index contributed by atoms with van der Waals surface area (Å²) in [6.07, 6.45) is 2.02. The van der Waals surface area contributed by atoms with Gasteiger partial charge >= 0.3 is 0 Å². The van der Waals surface area contributed by atoms with Crippen LogP contribution in [0.2, 0.25) is 32.7 Å². The highest BCUT2D eigenvalue weighted by molar-refractivity contribution is 7.05. The van der Waals surface area contributed by atoms with Gasteiger partial charge in [0.15, 0.2) is 0 Å². The molecule has 0 saturated carbocycles. The lowest BCUT2D eigenvalue weighted by molar-refractivity contribution is 0.596. The number of rotatable bonds is 2. The molecule has 1 aliphatic rings. The SMILES string of the molecule is CC(C)(C)c1cc(-c2nccc3c2[Si](C)(C)c2cc([Si](C)(C)C)ccc2-3)cc2ccccc12. The molecular formula is C30H35NSi2. The highest BCUT2D eigenvalue weighted by atomic mass is 28.3. The molecule has 1 aliphatic heterocycles. The van der Waals surface area contributed by atoms with Crippen LogP contribution in [0, 0.1) is 0 Å². The van der Waals surface area contributed by atoms with E-state index in [2.05, 4.69) is 114 Å². The molecule has 1 aromatic heterocycles. The summed E-state index contributed by atoms with van der Waals surface area (Å²) in [6, 6.07) is 23.2. The van der Waals surface area contributed by atoms with Crippen molar-refractivity contribution in [2.24, 2.45) is 0 Å². The van der Waals surface area contributed by atoms with Crippen LogP contribution >= 0.6 is 0 Å². The predicted octanol–water partition coefficient (Wildman–Crippen LogP) is 6.55. The van der Waals surface area contributed by atoms with Crippen molar-refractivity contribution in [2.45, 2.75) is 58.9 Å². The number of hydrogen-bond donors (Lipinski definition) is 0. The highest BCUT2D eigenvalue weighted by Crippen LogP contribution is 2.37. The van der Waals surface area contributed by atoms with E-state index in [0.717, 1.165) is 0 Å². The second kappa shape index (κ2) is 7.25. The van der Waals surface area contributed by atoms with E-state index >= 15 is 0 Å². The largest absolute Gasteiger partial charge is 0.256 e. The molecule has 4 aromatic rings. The van der Waals surface area contributed by atoms with E-state index in [1.54, 1.807) is 10.4 Å². The molecule has 168 valence electrons. The van der Waals surface area contributed by atoms with Gasteiger partial charge in [0.05, 0.1) is 13.8 Å². The molecule has 3 aromatic carbocycles. The normalized spacial score (nSPS) is 14.9. The second-order valence-electron chi connectivity index (χ2n) is 12.2. The maximum atomic E-state index is 5.04. The van der Waals surface area contributed by atoms with Gasteiger partial charge in [0.2, 0.25) is 0 Å². The monoisotopic (exact) mass is 465 g/mol. The Balaban J connectivity index is 1.78. The lowest BCUT2D eigenvalue weighted by atomic mass is 9.82. The maximum absolute atomic E-state index is 5.04. The van der Waals surface area contributed by atoms with Crippen molar-refractivity contribution in [1.29, 1.82) is 0 Å². The molecule has 0 amide bonds. The zero-order valence-corrected chi connectivity index (χ0v) is 23.3. The van der Waals surface area contributed by atoms with E-state index in [-0.39, 0.29) is 5.41 Å². The van der Waals surface area contributed by atoms with Crippen LogP contribution in [-0.2, 0) is 5.41 Å². The van der Waals surface area contributed by atoms with Crippen molar-refractivity contribution in [3.63, 3.8) is 0 Å². The van der Waals surface area contributed by atoms with E-state index in [0.29, 0.717) is 0 Å². The number of fused-ring (bicyclic) bond motifs is 4. The average molecular weight is 466 g/mol. The molecule has 2 heterocycles. The molecule has 0 fully saturated rings. The number of pyridine rings is 1. The minimum absolute atomic E-state index is 0.0652. The molecule has 0 aliphatic carbocycles. The van der Waals surface area contributed by atoms with E-state index in [9.17, 15) is 0 Å².